The Morgan fingerprint density at radius 1 is 0.822 bits per heavy atom. The number of benzene rings is 4. The lowest BCUT2D eigenvalue weighted by atomic mass is 9.97. The Morgan fingerprint density at radius 2 is 1.49 bits per heavy atom. The number of alkyl halides is 3. The SMILES string of the molecule is CN(C(=O)N1CCC(CNC(=O)c2cccc(NC(=O)c3ccccc3-c3ccc(C(F)(F)F)cc3)c2)CC1)c1ccccc1. The van der Waals surface area contributed by atoms with E-state index < -0.39 is 17.6 Å². The summed E-state index contributed by atoms with van der Waals surface area (Å²) in [7, 11) is 1.76. The van der Waals surface area contributed by atoms with Crippen molar-refractivity contribution in [2.75, 3.05) is 36.9 Å². The molecule has 1 aliphatic rings. The molecule has 45 heavy (non-hydrogen) atoms. The van der Waals surface area contributed by atoms with E-state index in [9.17, 15) is 27.6 Å². The van der Waals surface area contributed by atoms with Gasteiger partial charge in [0.1, 0.15) is 0 Å². The Bertz CT molecular complexity index is 1650. The van der Waals surface area contributed by atoms with E-state index >= 15 is 0 Å². The van der Waals surface area contributed by atoms with Crippen LogP contribution in [-0.2, 0) is 6.18 Å². The fourth-order valence-corrected chi connectivity index (χ4v) is 5.35. The number of nitrogens with zero attached hydrogens (tertiary/aromatic N) is 2. The molecule has 4 amide bonds. The molecular weight excluding hydrogens is 581 g/mol. The van der Waals surface area contributed by atoms with Crippen LogP contribution in [0.5, 0.6) is 0 Å². The van der Waals surface area contributed by atoms with Gasteiger partial charge in [0, 0.05) is 49.2 Å². The molecule has 4 aromatic rings. The zero-order valence-corrected chi connectivity index (χ0v) is 24.7. The number of amides is 4. The van der Waals surface area contributed by atoms with Gasteiger partial charge in [-0.3, -0.25) is 14.5 Å². The largest absolute Gasteiger partial charge is 0.416 e. The number of rotatable bonds is 7. The molecule has 0 spiro atoms. The van der Waals surface area contributed by atoms with Crippen molar-refractivity contribution in [3.8, 4) is 11.1 Å². The molecule has 1 fully saturated rings. The number of hydrogen-bond acceptors (Lipinski definition) is 3. The summed E-state index contributed by atoms with van der Waals surface area (Å²) in [4.78, 5) is 42.6. The molecule has 0 aliphatic carbocycles. The van der Waals surface area contributed by atoms with E-state index in [2.05, 4.69) is 10.6 Å². The topological polar surface area (TPSA) is 81.8 Å². The molecule has 1 heterocycles. The summed E-state index contributed by atoms with van der Waals surface area (Å²) in [5.74, 6) is -0.509. The van der Waals surface area contributed by atoms with E-state index in [0.29, 0.717) is 42.0 Å². The first-order valence-corrected chi connectivity index (χ1v) is 14.6. The van der Waals surface area contributed by atoms with Gasteiger partial charge in [-0.2, -0.15) is 13.2 Å². The van der Waals surface area contributed by atoms with Gasteiger partial charge in [-0.05, 0) is 78.4 Å². The van der Waals surface area contributed by atoms with Gasteiger partial charge in [-0.15, -0.1) is 0 Å². The first-order chi connectivity index (χ1) is 21.6. The quantitative estimate of drug-likeness (QED) is 0.229. The second kappa shape index (κ2) is 13.7. The average Bonchev–Trinajstić information content (AvgIpc) is 3.07. The van der Waals surface area contributed by atoms with E-state index in [0.717, 1.165) is 30.7 Å². The van der Waals surface area contributed by atoms with Crippen LogP contribution < -0.4 is 15.5 Å². The predicted octanol–water partition coefficient (Wildman–Crippen LogP) is 7.32. The highest BCUT2D eigenvalue weighted by Gasteiger charge is 2.30. The first kappa shape index (κ1) is 31.3. The molecule has 0 saturated carbocycles. The van der Waals surface area contributed by atoms with Gasteiger partial charge in [0.05, 0.1) is 5.56 Å². The first-order valence-electron chi connectivity index (χ1n) is 14.6. The molecule has 0 radical (unpaired) electrons. The van der Waals surface area contributed by atoms with Gasteiger partial charge in [-0.25, -0.2) is 4.79 Å². The van der Waals surface area contributed by atoms with Crippen molar-refractivity contribution in [2.45, 2.75) is 19.0 Å². The minimum Gasteiger partial charge on any atom is -0.352 e. The molecule has 1 aliphatic heterocycles. The molecule has 0 atom stereocenters. The second-order valence-corrected chi connectivity index (χ2v) is 11.0. The van der Waals surface area contributed by atoms with Gasteiger partial charge < -0.3 is 15.5 Å². The molecule has 0 unspecified atom stereocenters. The molecular formula is C35H33F3N4O3. The van der Waals surface area contributed by atoms with Gasteiger partial charge >= 0.3 is 12.2 Å². The number of anilines is 2. The van der Waals surface area contributed by atoms with E-state index in [1.54, 1.807) is 60.5 Å². The average molecular weight is 615 g/mol. The summed E-state index contributed by atoms with van der Waals surface area (Å²) in [6, 6.07) is 27.3. The monoisotopic (exact) mass is 614 g/mol. The van der Waals surface area contributed by atoms with Crippen LogP contribution in [0.1, 0.15) is 39.1 Å². The lowest BCUT2D eigenvalue weighted by Crippen LogP contribution is -2.46. The number of carbonyl (C=O) groups excluding carboxylic acids is 3. The van der Waals surface area contributed by atoms with Gasteiger partial charge in [-0.1, -0.05) is 54.6 Å². The summed E-state index contributed by atoms with van der Waals surface area (Å²) < 4.78 is 39.0. The zero-order valence-electron chi connectivity index (χ0n) is 24.7. The summed E-state index contributed by atoms with van der Waals surface area (Å²) in [5.41, 5.74) is 2.09. The van der Waals surface area contributed by atoms with Crippen molar-refractivity contribution in [1.29, 1.82) is 0 Å². The maximum absolute atomic E-state index is 13.2. The fraction of sp³-hybridized carbons (Fsp3) is 0.229. The second-order valence-electron chi connectivity index (χ2n) is 11.0. The fourth-order valence-electron chi connectivity index (χ4n) is 5.35. The van der Waals surface area contributed by atoms with Crippen LogP contribution in [0.4, 0.5) is 29.3 Å². The van der Waals surface area contributed by atoms with Crippen molar-refractivity contribution in [2.24, 2.45) is 5.92 Å². The number of para-hydroxylation sites is 1. The number of halogens is 3. The van der Waals surface area contributed by atoms with Crippen LogP contribution in [0.2, 0.25) is 0 Å². The molecule has 0 bridgehead atoms. The Labute approximate surface area is 259 Å². The summed E-state index contributed by atoms with van der Waals surface area (Å²) in [5, 5.41) is 5.77. The van der Waals surface area contributed by atoms with Crippen LogP contribution in [-0.4, -0.2) is 49.4 Å². The Hall–Kier alpha value is -5.12. The zero-order chi connectivity index (χ0) is 32.0. The van der Waals surface area contributed by atoms with E-state index in [1.165, 1.54) is 12.1 Å². The number of carbonyl (C=O) groups is 3. The van der Waals surface area contributed by atoms with Crippen molar-refractivity contribution in [1.82, 2.24) is 10.2 Å². The van der Waals surface area contributed by atoms with Crippen molar-refractivity contribution < 1.29 is 27.6 Å². The third kappa shape index (κ3) is 7.70. The normalized spacial score (nSPS) is 13.6. The van der Waals surface area contributed by atoms with Crippen LogP contribution in [0.3, 0.4) is 0 Å². The molecule has 232 valence electrons. The van der Waals surface area contributed by atoms with Crippen molar-refractivity contribution in [3.05, 3.63) is 120 Å². The minimum atomic E-state index is -4.45. The molecule has 1 saturated heterocycles. The maximum Gasteiger partial charge on any atom is 0.416 e. The highest BCUT2D eigenvalue weighted by Crippen LogP contribution is 2.32. The highest BCUT2D eigenvalue weighted by molar-refractivity contribution is 6.09. The van der Waals surface area contributed by atoms with Crippen LogP contribution >= 0.6 is 0 Å². The van der Waals surface area contributed by atoms with Crippen molar-refractivity contribution >= 4 is 29.2 Å². The third-order valence-corrected chi connectivity index (χ3v) is 7.94. The molecule has 0 aromatic heterocycles. The van der Waals surface area contributed by atoms with E-state index in [4.69, 9.17) is 0 Å². The lowest BCUT2D eigenvalue weighted by molar-refractivity contribution is -0.137. The van der Waals surface area contributed by atoms with Gasteiger partial charge in [0.25, 0.3) is 11.8 Å². The smallest absolute Gasteiger partial charge is 0.352 e. The number of urea groups is 1. The van der Waals surface area contributed by atoms with Crippen LogP contribution in [0, 0.1) is 5.92 Å². The molecule has 2 N–H and O–H groups in total. The van der Waals surface area contributed by atoms with E-state index in [1.807, 2.05) is 35.2 Å². The van der Waals surface area contributed by atoms with Crippen LogP contribution in [0.25, 0.3) is 11.1 Å². The van der Waals surface area contributed by atoms with Crippen molar-refractivity contribution in [3.63, 3.8) is 0 Å². The Morgan fingerprint density at radius 3 is 2.18 bits per heavy atom. The van der Waals surface area contributed by atoms with Gasteiger partial charge in [0.15, 0.2) is 0 Å². The highest BCUT2D eigenvalue weighted by atomic mass is 19.4. The third-order valence-electron chi connectivity index (χ3n) is 7.94. The lowest BCUT2D eigenvalue weighted by Gasteiger charge is -2.34. The number of piperidine rings is 1. The summed E-state index contributed by atoms with van der Waals surface area (Å²) in [6.45, 7) is 1.67. The predicted molar refractivity (Wildman–Crippen MR) is 168 cm³/mol. The standard InChI is InChI=1S/C35H33F3N4O3/c1-41(29-10-3-2-4-11-29)34(45)42-20-18-24(19-21-42)23-39-32(43)26-8-7-9-28(22-26)40-33(44)31-13-6-5-12-30(31)25-14-16-27(17-15-25)35(36,37)38/h2-17,22,24H,18-21,23H2,1H3,(H,39,43)(H,40,44). The van der Waals surface area contributed by atoms with Gasteiger partial charge in [0.2, 0.25) is 0 Å². The molecule has 5 rings (SSSR count). The summed E-state index contributed by atoms with van der Waals surface area (Å²) >= 11 is 0. The molecule has 7 nitrogen and oxygen atoms in total. The Balaban J connectivity index is 1.15. The Kier molecular flexibility index (Phi) is 9.51. The summed E-state index contributed by atoms with van der Waals surface area (Å²) in [6.07, 6.45) is -2.92. The van der Waals surface area contributed by atoms with Crippen LogP contribution in [0.15, 0.2) is 103 Å². The number of nitrogens with one attached hydrogen (secondary N) is 2. The minimum absolute atomic E-state index is 0.0514. The molecule has 10 heteroatoms. The molecule has 4 aromatic carbocycles. The van der Waals surface area contributed by atoms with E-state index in [-0.39, 0.29) is 23.4 Å². The number of likely N-dealkylation sites (tertiary alicyclic amines) is 1. The number of hydrogen-bond donors (Lipinski definition) is 2. The maximum atomic E-state index is 13.2.